The monoisotopic (exact) mass is 215 g/mol. The van der Waals surface area contributed by atoms with E-state index in [2.05, 4.69) is 4.98 Å². The molecule has 2 rings (SSSR count). The summed E-state index contributed by atoms with van der Waals surface area (Å²) in [6.45, 7) is 0. The van der Waals surface area contributed by atoms with Gasteiger partial charge in [-0.05, 0) is 23.8 Å². The number of aliphatic hydroxyl groups is 1. The summed E-state index contributed by atoms with van der Waals surface area (Å²) in [5.74, 6) is 0.780. The molecule has 0 amide bonds. The van der Waals surface area contributed by atoms with Crippen LogP contribution in [0, 0.1) is 0 Å². The molecule has 0 saturated carbocycles. The van der Waals surface area contributed by atoms with Gasteiger partial charge in [-0.1, -0.05) is 18.2 Å². The van der Waals surface area contributed by atoms with Crippen molar-refractivity contribution in [2.24, 2.45) is 0 Å². The van der Waals surface area contributed by atoms with Crippen LogP contribution in [0.2, 0.25) is 0 Å². The number of aliphatic hydroxyl groups excluding tert-OH is 1. The van der Waals surface area contributed by atoms with Crippen LogP contribution in [0.5, 0.6) is 5.75 Å². The topological polar surface area (TPSA) is 42.4 Å². The second-order valence-electron chi connectivity index (χ2n) is 3.46. The Hall–Kier alpha value is -1.87. The first-order valence-electron chi connectivity index (χ1n) is 5.03. The number of benzene rings is 1. The fourth-order valence-corrected chi connectivity index (χ4v) is 1.52. The Labute approximate surface area is 94.3 Å². The highest BCUT2D eigenvalue weighted by Crippen LogP contribution is 2.22. The third-order valence-corrected chi connectivity index (χ3v) is 2.43. The number of hydrogen-bond acceptors (Lipinski definition) is 3. The van der Waals surface area contributed by atoms with E-state index in [4.69, 9.17) is 4.74 Å². The van der Waals surface area contributed by atoms with Crippen molar-refractivity contribution in [1.29, 1.82) is 0 Å². The van der Waals surface area contributed by atoms with Gasteiger partial charge in [0.2, 0.25) is 0 Å². The maximum absolute atomic E-state index is 10.1. The Bertz CT molecular complexity index is 439. The predicted octanol–water partition coefficient (Wildman–Crippen LogP) is 2.17. The molecule has 3 nitrogen and oxygen atoms in total. The summed E-state index contributed by atoms with van der Waals surface area (Å²) in [6.07, 6.45) is 2.71. The maximum atomic E-state index is 10.1. The highest BCUT2D eigenvalue weighted by atomic mass is 16.5. The molecule has 82 valence electrons. The van der Waals surface area contributed by atoms with Crippen LogP contribution in [0.25, 0.3) is 0 Å². The highest BCUT2D eigenvalue weighted by molar-refractivity contribution is 5.32. The number of aromatic nitrogens is 1. The first-order valence-corrected chi connectivity index (χ1v) is 5.03. The molecule has 0 fully saturated rings. The zero-order chi connectivity index (χ0) is 11.4. The van der Waals surface area contributed by atoms with Crippen LogP contribution in [-0.4, -0.2) is 17.2 Å². The number of nitrogens with zero attached hydrogens (tertiary/aromatic N) is 1. The van der Waals surface area contributed by atoms with E-state index in [0.717, 1.165) is 16.9 Å². The fourth-order valence-electron chi connectivity index (χ4n) is 1.52. The van der Waals surface area contributed by atoms with Gasteiger partial charge in [-0.25, -0.2) is 0 Å². The summed E-state index contributed by atoms with van der Waals surface area (Å²) in [7, 11) is 1.62. The molecule has 16 heavy (non-hydrogen) atoms. The molecular weight excluding hydrogens is 202 g/mol. The fraction of sp³-hybridized carbons (Fsp3) is 0.154. The van der Waals surface area contributed by atoms with Gasteiger partial charge in [0.1, 0.15) is 11.9 Å². The third kappa shape index (κ3) is 2.20. The average molecular weight is 215 g/mol. The van der Waals surface area contributed by atoms with Gasteiger partial charge in [-0.3, -0.25) is 4.98 Å². The van der Waals surface area contributed by atoms with Crippen LogP contribution in [-0.2, 0) is 0 Å². The Morgan fingerprint density at radius 2 is 1.88 bits per heavy atom. The van der Waals surface area contributed by atoms with Crippen LogP contribution in [0.1, 0.15) is 17.2 Å². The molecule has 1 atom stereocenters. The first kappa shape index (κ1) is 10.6. The number of ether oxygens (including phenoxy) is 1. The maximum Gasteiger partial charge on any atom is 0.118 e. The molecule has 0 spiro atoms. The van der Waals surface area contributed by atoms with Gasteiger partial charge in [-0.15, -0.1) is 0 Å². The van der Waals surface area contributed by atoms with Crippen molar-refractivity contribution in [2.45, 2.75) is 6.10 Å². The zero-order valence-corrected chi connectivity index (χ0v) is 9.00. The molecule has 3 heteroatoms. The lowest BCUT2D eigenvalue weighted by molar-refractivity contribution is 0.220. The summed E-state index contributed by atoms with van der Waals surface area (Å²) in [5.41, 5.74) is 1.61. The molecule has 1 aromatic carbocycles. The van der Waals surface area contributed by atoms with Crippen LogP contribution in [0.15, 0.2) is 48.8 Å². The average Bonchev–Trinajstić information content (AvgIpc) is 2.39. The van der Waals surface area contributed by atoms with Crippen molar-refractivity contribution in [2.75, 3.05) is 7.11 Å². The van der Waals surface area contributed by atoms with E-state index in [-0.39, 0.29) is 0 Å². The largest absolute Gasteiger partial charge is 0.497 e. The number of pyridine rings is 1. The van der Waals surface area contributed by atoms with Gasteiger partial charge in [-0.2, -0.15) is 0 Å². The molecule has 0 radical (unpaired) electrons. The van der Waals surface area contributed by atoms with Crippen molar-refractivity contribution in [1.82, 2.24) is 4.98 Å². The minimum absolute atomic E-state index is 0.639. The summed E-state index contributed by atoms with van der Waals surface area (Å²) in [4.78, 5) is 3.98. The zero-order valence-electron chi connectivity index (χ0n) is 9.00. The van der Waals surface area contributed by atoms with Gasteiger partial charge >= 0.3 is 0 Å². The van der Waals surface area contributed by atoms with Crippen LogP contribution >= 0.6 is 0 Å². The summed E-state index contributed by atoms with van der Waals surface area (Å²) >= 11 is 0. The molecule has 1 heterocycles. The first-order chi connectivity index (χ1) is 7.81. The van der Waals surface area contributed by atoms with Gasteiger partial charge in [0.05, 0.1) is 7.11 Å². The van der Waals surface area contributed by atoms with E-state index >= 15 is 0 Å². The molecule has 0 aliphatic heterocycles. The van der Waals surface area contributed by atoms with Gasteiger partial charge in [0.25, 0.3) is 0 Å². The van der Waals surface area contributed by atoms with E-state index in [1.54, 1.807) is 19.5 Å². The summed E-state index contributed by atoms with van der Waals surface area (Å²) in [5, 5.41) is 10.1. The molecule has 2 aromatic rings. The summed E-state index contributed by atoms with van der Waals surface area (Å²) < 4.78 is 5.06. The molecule has 0 aliphatic rings. The SMILES string of the molecule is COc1ccc([C@@H](O)c2cccnc2)cc1. The van der Waals surface area contributed by atoms with E-state index in [1.807, 2.05) is 36.4 Å². The predicted molar refractivity (Wildman–Crippen MR) is 61.3 cm³/mol. The Morgan fingerprint density at radius 1 is 1.12 bits per heavy atom. The second-order valence-corrected chi connectivity index (χ2v) is 3.46. The standard InChI is InChI=1S/C13H13NO2/c1-16-12-6-4-10(5-7-12)13(15)11-3-2-8-14-9-11/h2-9,13,15H,1H3/t13-/m1/s1. The Balaban J connectivity index is 2.24. The molecular formula is C13H13NO2. The second kappa shape index (κ2) is 4.77. The summed E-state index contributed by atoms with van der Waals surface area (Å²) in [6, 6.07) is 11.0. The third-order valence-electron chi connectivity index (χ3n) is 2.43. The lowest BCUT2D eigenvalue weighted by atomic mass is 10.0. The van der Waals surface area contributed by atoms with Crippen molar-refractivity contribution in [3.63, 3.8) is 0 Å². The van der Waals surface area contributed by atoms with Crippen molar-refractivity contribution in [3.05, 3.63) is 59.9 Å². The number of rotatable bonds is 3. The molecule has 0 bridgehead atoms. The number of methoxy groups -OCH3 is 1. The van der Waals surface area contributed by atoms with Gasteiger partial charge in [0.15, 0.2) is 0 Å². The van der Waals surface area contributed by atoms with Crippen LogP contribution in [0.3, 0.4) is 0 Å². The minimum atomic E-state index is -0.639. The Kier molecular flexibility index (Phi) is 3.17. The van der Waals surface area contributed by atoms with Crippen LogP contribution in [0.4, 0.5) is 0 Å². The quantitative estimate of drug-likeness (QED) is 0.853. The molecule has 0 aliphatic carbocycles. The van der Waals surface area contributed by atoms with E-state index < -0.39 is 6.10 Å². The van der Waals surface area contributed by atoms with Crippen LogP contribution < -0.4 is 4.74 Å². The Morgan fingerprint density at radius 3 is 2.44 bits per heavy atom. The number of hydrogen-bond donors (Lipinski definition) is 1. The van der Waals surface area contributed by atoms with Crippen molar-refractivity contribution in [3.8, 4) is 5.75 Å². The highest BCUT2D eigenvalue weighted by Gasteiger charge is 2.09. The van der Waals surface area contributed by atoms with Crippen molar-refractivity contribution >= 4 is 0 Å². The van der Waals surface area contributed by atoms with E-state index in [0.29, 0.717) is 0 Å². The molecule has 0 unspecified atom stereocenters. The van der Waals surface area contributed by atoms with E-state index in [1.165, 1.54) is 0 Å². The lowest BCUT2D eigenvalue weighted by Crippen LogP contribution is -1.99. The smallest absolute Gasteiger partial charge is 0.118 e. The normalized spacial score (nSPS) is 12.1. The lowest BCUT2D eigenvalue weighted by Gasteiger charge is -2.11. The molecule has 0 saturated heterocycles. The van der Waals surface area contributed by atoms with Gasteiger partial charge < -0.3 is 9.84 Å². The van der Waals surface area contributed by atoms with Crippen molar-refractivity contribution < 1.29 is 9.84 Å². The van der Waals surface area contributed by atoms with E-state index in [9.17, 15) is 5.11 Å². The minimum Gasteiger partial charge on any atom is -0.497 e. The molecule has 1 aromatic heterocycles. The molecule has 1 N–H and O–H groups in total. The van der Waals surface area contributed by atoms with Gasteiger partial charge in [0, 0.05) is 18.0 Å².